The number of nitrogen functional groups attached to an aromatic ring is 1. The minimum Gasteiger partial charge on any atom is -0.481 e. The van der Waals surface area contributed by atoms with E-state index in [1.54, 1.807) is 6.07 Å². The Hall–Kier alpha value is -2.05. The zero-order valence-corrected chi connectivity index (χ0v) is 11.8. The van der Waals surface area contributed by atoms with Crippen LogP contribution in [-0.4, -0.2) is 42.7 Å². The highest BCUT2D eigenvalue weighted by Gasteiger charge is 2.27. The second-order valence-corrected chi connectivity index (χ2v) is 4.66. The molecule has 0 saturated carbocycles. The van der Waals surface area contributed by atoms with Gasteiger partial charge in [-0.3, -0.25) is 4.79 Å². The second-order valence-electron chi connectivity index (χ2n) is 4.66. The van der Waals surface area contributed by atoms with Crippen molar-refractivity contribution in [2.75, 3.05) is 37.4 Å². The van der Waals surface area contributed by atoms with Crippen LogP contribution in [0.2, 0.25) is 0 Å². The highest BCUT2D eigenvalue weighted by atomic mass is 16.5. The van der Waals surface area contributed by atoms with E-state index in [0.717, 1.165) is 19.4 Å². The van der Waals surface area contributed by atoms with Crippen molar-refractivity contribution < 1.29 is 14.3 Å². The minimum absolute atomic E-state index is 0.120. The number of carbonyl (C=O) groups excluding carboxylic acids is 1. The van der Waals surface area contributed by atoms with E-state index in [1.165, 1.54) is 7.11 Å². The number of rotatable bonds is 4. The monoisotopic (exact) mass is 280 g/mol. The topological polar surface area (TPSA) is 90.6 Å². The van der Waals surface area contributed by atoms with Gasteiger partial charge in [0.05, 0.1) is 19.6 Å². The maximum atomic E-state index is 11.8. The molecule has 2 rings (SSSR count). The lowest BCUT2D eigenvalue weighted by Gasteiger charge is -2.32. The highest BCUT2D eigenvalue weighted by molar-refractivity contribution is 5.73. The largest absolute Gasteiger partial charge is 0.481 e. The molecule has 0 bridgehead atoms. The van der Waals surface area contributed by atoms with Gasteiger partial charge in [-0.2, -0.15) is 9.97 Å². The van der Waals surface area contributed by atoms with E-state index < -0.39 is 0 Å². The molecule has 7 nitrogen and oxygen atoms in total. The summed E-state index contributed by atoms with van der Waals surface area (Å²) in [6.07, 6.45) is 1.75. The molecular formula is C13H20N4O3. The van der Waals surface area contributed by atoms with Crippen LogP contribution in [0.3, 0.4) is 0 Å². The van der Waals surface area contributed by atoms with Crippen molar-refractivity contribution >= 4 is 17.7 Å². The van der Waals surface area contributed by atoms with Crippen molar-refractivity contribution in [1.29, 1.82) is 0 Å². The van der Waals surface area contributed by atoms with Crippen LogP contribution in [0.15, 0.2) is 6.07 Å². The quantitative estimate of drug-likeness (QED) is 0.817. The summed E-state index contributed by atoms with van der Waals surface area (Å²) in [5.41, 5.74) is 5.66. The summed E-state index contributed by atoms with van der Waals surface area (Å²) in [4.78, 5) is 22.0. The molecule has 1 saturated heterocycles. The average molecular weight is 280 g/mol. The third-order valence-corrected chi connectivity index (χ3v) is 3.28. The van der Waals surface area contributed by atoms with Gasteiger partial charge in [-0.05, 0) is 19.8 Å². The van der Waals surface area contributed by atoms with E-state index in [-0.39, 0.29) is 17.8 Å². The number of esters is 1. The Bertz CT molecular complexity index is 481. The van der Waals surface area contributed by atoms with E-state index in [1.807, 2.05) is 11.8 Å². The smallest absolute Gasteiger partial charge is 0.310 e. The van der Waals surface area contributed by atoms with Gasteiger partial charge in [-0.15, -0.1) is 0 Å². The number of carbonyl (C=O) groups is 1. The molecule has 1 unspecified atom stereocenters. The number of anilines is 2. The van der Waals surface area contributed by atoms with Crippen LogP contribution < -0.4 is 15.4 Å². The maximum absolute atomic E-state index is 11.8. The van der Waals surface area contributed by atoms with Crippen LogP contribution >= 0.6 is 0 Å². The van der Waals surface area contributed by atoms with Gasteiger partial charge >= 0.3 is 5.97 Å². The predicted molar refractivity (Wildman–Crippen MR) is 74.6 cm³/mol. The van der Waals surface area contributed by atoms with Crippen molar-refractivity contribution in [3.05, 3.63) is 6.07 Å². The lowest BCUT2D eigenvalue weighted by Crippen LogP contribution is -2.40. The molecular weight excluding hydrogens is 260 g/mol. The molecule has 0 aromatic carbocycles. The first-order chi connectivity index (χ1) is 9.63. The van der Waals surface area contributed by atoms with E-state index >= 15 is 0 Å². The number of ether oxygens (including phenoxy) is 2. The van der Waals surface area contributed by atoms with Gasteiger partial charge in [0.1, 0.15) is 5.82 Å². The average Bonchev–Trinajstić information content (AvgIpc) is 2.47. The van der Waals surface area contributed by atoms with Crippen molar-refractivity contribution in [1.82, 2.24) is 9.97 Å². The number of piperidine rings is 1. The van der Waals surface area contributed by atoms with E-state index in [2.05, 4.69) is 9.97 Å². The van der Waals surface area contributed by atoms with Crippen LogP contribution in [0.4, 0.5) is 11.8 Å². The third-order valence-electron chi connectivity index (χ3n) is 3.28. The Labute approximate surface area is 118 Å². The summed E-state index contributed by atoms with van der Waals surface area (Å²) >= 11 is 0. The molecule has 1 fully saturated rings. The summed E-state index contributed by atoms with van der Waals surface area (Å²) < 4.78 is 10.2. The number of hydrogen-bond donors (Lipinski definition) is 1. The Morgan fingerprint density at radius 1 is 1.55 bits per heavy atom. The van der Waals surface area contributed by atoms with Gasteiger partial charge in [0.2, 0.25) is 11.8 Å². The highest BCUT2D eigenvalue weighted by Crippen LogP contribution is 2.25. The summed E-state index contributed by atoms with van der Waals surface area (Å²) in [5, 5.41) is 0. The van der Waals surface area contributed by atoms with Crippen molar-refractivity contribution in [2.24, 2.45) is 5.92 Å². The molecule has 20 heavy (non-hydrogen) atoms. The number of hydrogen-bond acceptors (Lipinski definition) is 7. The Balaban J connectivity index is 2.12. The molecule has 0 aliphatic carbocycles. The number of nitrogens with zero attached hydrogens (tertiary/aromatic N) is 3. The van der Waals surface area contributed by atoms with Crippen molar-refractivity contribution in [3.8, 4) is 5.88 Å². The van der Waals surface area contributed by atoms with Crippen LogP contribution in [-0.2, 0) is 9.53 Å². The molecule has 1 aromatic heterocycles. The molecule has 0 spiro atoms. The van der Waals surface area contributed by atoms with Gasteiger partial charge in [0, 0.05) is 19.2 Å². The zero-order chi connectivity index (χ0) is 14.5. The Morgan fingerprint density at radius 2 is 2.35 bits per heavy atom. The van der Waals surface area contributed by atoms with E-state index in [0.29, 0.717) is 24.8 Å². The Kier molecular flexibility index (Phi) is 4.60. The van der Waals surface area contributed by atoms with Crippen LogP contribution in [0.1, 0.15) is 19.8 Å². The van der Waals surface area contributed by atoms with Gasteiger partial charge < -0.3 is 20.1 Å². The molecule has 0 radical (unpaired) electrons. The van der Waals surface area contributed by atoms with Crippen LogP contribution in [0, 0.1) is 5.92 Å². The van der Waals surface area contributed by atoms with E-state index in [4.69, 9.17) is 15.2 Å². The van der Waals surface area contributed by atoms with Gasteiger partial charge in [-0.25, -0.2) is 0 Å². The second kappa shape index (κ2) is 6.40. The summed E-state index contributed by atoms with van der Waals surface area (Å²) in [6, 6.07) is 1.73. The van der Waals surface area contributed by atoms with E-state index in [9.17, 15) is 4.79 Å². The maximum Gasteiger partial charge on any atom is 0.310 e. The first-order valence-electron chi connectivity index (χ1n) is 6.74. The third kappa shape index (κ3) is 3.28. The summed E-state index contributed by atoms with van der Waals surface area (Å²) in [5.74, 6) is 1.00. The molecule has 110 valence electrons. The molecule has 2 N–H and O–H groups in total. The fourth-order valence-electron chi connectivity index (χ4n) is 2.33. The molecule has 1 aliphatic rings. The molecule has 1 aliphatic heterocycles. The van der Waals surface area contributed by atoms with Gasteiger partial charge in [0.25, 0.3) is 0 Å². The zero-order valence-electron chi connectivity index (χ0n) is 11.8. The van der Waals surface area contributed by atoms with Crippen LogP contribution in [0.25, 0.3) is 0 Å². The normalized spacial score (nSPS) is 18.7. The van der Waals surface area contributed by atoms with Crippen molar-refractivity contribution in [2.45, 2.75) is 19.8 Å². The van der Waals surface area contributed by atoms with Gasteiger partial charge in [-0.1, -0.05) is 0 Å². The van der Waals surface area contributed by atoms with Crippen LogP contribution in [0.5, 0.6) is 5.88 Å². The Morgan fingerprint density at radius 3 is 3.05 bits per heavy atom. The van der Waals surface area contributed by atoms with Crippen molar-refractivity contribution in [3.63, 3.8) is 0 Å². The number of methoxy groups -OCH3 is 1. The number of aromatic nitrogens is 2. The fourth-order valence-corrected chi connectivity index (χ4v) is 2.33. The minimum atomic E-state index is -0.147. The first-order valence-corrected chi connectivity index (χ1v) is 6.74. The SMILES string of the molecule is CCOC(=O)C1CCCN(c2cc(OC)nc(N)n2)C1. The molecule has 2 heterocycles. The molecule has 0 amide bonds. The summed E-state index contributed by atoms with van der Waals surface area (Å²) in [7, 11) is 1.53. The lowest BCUT2D eigenvalue weighted by atomic mass is 9.98. The first kappa shape index (κ1) is 14.4. The molecule has 1 aromatic rings. The summed E-state index contributed by atoms with van der Waals surface area (Å²) in [6.45, 7) is 3.63. The predicted octanol–water partition coefficient (Wildman–Crippen LogP) is 0.847. The molecule has 1 atom stereocenters. The van der Waals surface area contributed by atoms with Gasteiger partial charge in [0.15, 0.2) is 0 Å². The lowest BCUT2D eigenvalue weighted by molar-refractivity contribution is -0.148. The standard InChI is InChI=1S/C13H20N4O3/c1-3-20-12(18)9-5-4-6-17(8-9)10-7-11(19-2)16-13(14)15-10/h7,9H,3-6,8H2,1-2H3,(H2,14,15,16). The molecule has 7 heteroatoms. The fraction of sp³-hybridized carbons (Fsp3) is 0.615. The number of nitrogens with two attached hydrogens (primary N) is 1.